The van der Waals surface area contributed by atoms with E-state index in [1.54, 1.807) is 0 Å². The molecular weight excluding hydrogens is 408 g/mol. The zero-order valence-corrected chi connectivity index (χ0v) is 18.4. The van der Waals surface area contributed by atoms with Crippen molar-refractivity contribution in [2.24, 2.45) is 5.73 Å². The van der Waals surface area contributed by atoms with Gasteiger partial charge in [0.2, 0.25) is 0 Å². The molecule has 1 aliphatic heterocycles. The molecule has 3 aromatic rings. The van der Waals surface area contributed by atoms with Crippen molar-refractivity contribution in [2.45, 2.75) is 13.2 Å². The number of likely N-dealkylation sites (N-methyl/N-ethyl adjacent to an activating group) is 1. The van der Waals surface area contributed by atoms with Crippen LogP contribution in [0.25, 0.3) is 11.1 Å². The summed E-state index contributed by atoms with van der Waals surface area (Å²) in [5.41, 5.74) is 11.3. The third kappa shape index (κ3) is 4.83. The first-order chi connectivity index (χ1) is 15.2. The predicted molar refractivity (Wildman–Crippen MR) is 125 cm³/mol. The summed E-state index contributed by atoms with van der Waals surface area (Å²) in [5.74, 6) is 0.879. The van der Waals surface area contributed by atoms with Crippen LogP contribution in [0.4, 0.5) is 5.69 Å². The molecule has 2 heterocycles. The molecule has 2 aromatic carbocycles. The Morgan fingerprint density at radius 1 is 1.23 bits per heavy atom. The fourth-order valence-corrected chi connectivity index (χ4v) is 4.40. The Kier molecular flexibility index (Phi) is 6.73. The minimum Gasteiger partial charge on any atom is -0.490 e. The average molecular weight is 435 g/mol. The first kappa shape index (κ1) is 21.2. The third-order valence-corrected chi connectivity index (χ3v) is 6.17. The lowest BCUT2D eigenvalue weighted by Crippen LogP contribution is -2.28. The number of rotatable bonds is 8. The second kappa shape index (κ2) is 9.84. The Morgan fingerprint density at radius 2 is 2.03 bits per heavy atom. The van der Waals surface area contributed by atoms with Crippen LogP contribution >= 0.6 is 11.3 Å². The lowest BCUT2D eigenvalue weighted by atomic mass is 10.0. The highest BCUT2D eigenvalue weighted by atomic mass is 32.1. The van der Waals surface area contributed by atoms with Crippen molar-refractivity contribution >= 4 is 17.0 Å². The van der Waals surface area contributed by atoms with E-state index in [2.05, 4.69) is 53.7 Å². The van der Waals surface area contributed by atoms with E-state index in [0.29, 0.717) is 30.4 Å². The number of nitrogens with one attached hydrogen (secondary N) is 1. The Hall–Kier alpha value is -3.05. The largest absolute Gasteiger partial charge is 0.490 e. The van der Waals surface area contributed by atoms with Gasteiger partial charge in [-0.2, -0.15) is 5.26 Å². The molecule has 31 heavy (non-hydrogen) atoms. The van der Waals surface area contributed by atoms with Crippen LogP contribution in [-0.4, -0.2) is 33.3 Å². The molecule has 0 amide bonds. The number of benzene rings is 2. The molecule has 4 rings (SSSR count). The number of nitriles is 1. The second-order valence-corrected chi connectivity index (χ2v) is 8.29. The molecule has 160 valence electrons. The molecule has 6 nitrogen and oxygen atoms in total. The predicted octanol–water partition coefficient (Wildman–Crippen LogP) is 3.74. The van der Waals surface area contributed by atoms with Crippen molar-refractivity contribution in [1.82, 2.24) is 5.32 Å². The lowest BCUT2D eigenvalue weighted by Gasteiger charge is -2.28. The first-order valence-corrected chi connectivity index (χ1v) is 11.2. The molecule has 0 aliphatic carbocycles. The highest BCUT2D eigenvalue weighted by Gasteiger charge is 2.19. The molecule has 0 radical (unpaired) electrons. The maximum atomic E-state index is 9.80. The molecule has 0 saturated heterocycles. The highest BCUT2D eigenvalue weighted by Crippen LogP contribution is 2.41. The van der Waals surface area contributed by atoms with Crippen molar-refractivity contribution in [3.63, 3.8) is 0 Å². The summed E-state index contributed by atoms with van der Waals surface area (Å²) >= 11 is 1.46. The molecule has 0 atom stereocenters. The van der Waals surface area contributed by atoms with Gasteiger partial charge in [-0.15, -0.1) is 11.3 Å². The van der Waals surface area contributed by atoms with E-state index in [1.165, 1.54) is 16.9 Å². The summed E-state index contributed by atoms with van der Waals surface area (Å²) in [5, 5.41) is 15.7. The van der Waals surface area contributed by atoms with Crippen molar-refractivity contribution in [1.29, 1.82) is 5.26 Å². The van der Waals surface area contributed by atoms with Crippen molar-refractivity contribution in [3.05, 3.63) is 64.5 Å². The van der Waals surface area contributed by atoms with Crippen molar-refractivity contribution < 1.29 is 9.47 Å². The van der Waals surface area contributed by atoms with Crippen LogP contribution in [0.1, 0.15) is 16.7 Å². The monoisotopic (exact) mass is 434 g/mol. The van der Waals surface area contributed by atoms with Gasteiger partial charge in [0.1, 0.15) is 30.6 Å². The van der Waals surface area contributed by atoms with Gasteiger partial charge in [0.05, 0.1) is 12.2 Å². The Labute approximate surface area is 186 Å². The summed E-state index contributed by atoms with van der Waals surface area (Å²) in [4.78, 5) is 2.17. The number of ether oxygens (including phenoxy) is 2. The summed E-state index contributed by atoms with van der Waals surface area (Å²) in [6.45, 7) is 4.19. The number of hydrogen-bond donors (Lipinski definition) is 2. The maximum Gasteiger partial charge on any atom is 0.192 e. The van der Waals surface area contributed by atoms with Gasteiger partial charge in [-0.05, 0) is 28.8 Å². The van der Waals surface area contributed by atoms with E-state index < -0.39 is 0 Å². The zero-order valence-electron chi connectivity index (χ0n) is 17.6. The number of hydrogen-bond acceptors (Lipinski definition) is 7. The normalized spacial score (nSPS) is 12.7. The van der Waals surface area contributed by atoms with Gasteiger partial charge in [-0.25, -0.2) is 0 Å². The van der Waals surface area contributed by atoms with Gasteiger partial charge in [0.15, 0.2) is 5.06 Å². The maximum absolute atomic E-state index is 9.80. The quantitative estimate of drug-likeness (QED) is 0.526. The number of fused-ring (bicyclic) bond motifs is 1. The topological polar surface area (TPSA) is 83.5 Å². The van der Waals surface area contributed by atoms with Crippen LogP contribution in [0.15, 0.2) is 47.8 Å². The van der Waals surface area contributed by atoms with Crippen LogP contribution < -0.4 is 25.4 Å². The number of nitrogens with two attached hydrogens (primary N) is 1. The van der Waals surface area contributed by atoms with E-state index >= 15 is 0 Å². The van der Waals surface area contributed by atoms with E-state index in [4.69, 9.17) is 15.2 Å². The minimum atomic E-state index is 0.423. The Morgan fingerprint density at radius 3 is 2.81 bits per heavy atom. The van der Waals surface area contributed by atoms with Crippen molar-refractivity contribution in [3.8, 4) is 28.0 Å². The molecule has 1 aliphatic rings. The summed E-state index contributed by atoms with van der Waals surface area (Å²) in [6.07, 6.45) is 0. The molecule has 0 unspecified atom stereocenters. The van der Waals surface area contributed by atoms with Gasteiger partial charge < -0.3 is 25.4 Å². The molecule has 0 fully saturated rings. The van der Waals surface area contributed by atoms with Gasteiger partial charge in [0.25, 0.3) is 0 Å². The SMILES string of the molecule is CN1CCOc2ccc(-c3csc(OCc4ccc(CNCCN)cc4)c3C#N)cc21. The minimum absolute atomic E-state index is 0.423. The number of thiophene rings is 1. The van der Waals surface area contributed by atoms with Crippen LogP contribution in [-0.2, 0) is 13.2 Å². The number of anilines is 1. The average Bonchev–Trinajstić information content (AvgIpc) is 3.22. The molecule has 1 aromatic heterocycles. The van der Waals surface area contributed by atoms with E-state index in [9.17, 15) is 5.26 Å². The molecule has 0 bridgehead atoms. The van der Waals surface area contributed by atoms with Crippen LogP contribution in [0, 0.1) is 11.3 Å². The van der Waals surface area contributed by atoms with Crippen LogP contribution in [0.5, 0.6) is 10.8 Å². The van der Waals surface area contributed by atoms with Crippen LogP contribution in [0.2, 0.25) is 0 Å². The van der Waals surface area contributed by atoms with Crippen LogP contribution in [0.3, 0.4) is 0 Å². The van der Waals surface area contributed by atoms with Gasteiger partial charge >= 0.3 is 0 Å². The second-order valence-electron chi connectivity index (χ2n) is 7.45. The molecular formula is C24H26N4O2S. The molecule has 7 heteroatoms. The van der Waals surface area contributed by atoms with E-state index in [-0.39, 0.29) is 0 Å². The van der Waals surface area contributed by atoms with Gasteiger partial charge in [-0.3, -0.25) is 0 Å². The number of nitrogens with zero attached hydrogens (tertiary/aromatic N) is 2. The summed E-state index contributed by atoms with van der Waals surface area (Å²) in [6, 6.07) is 16.7. The first-order valence-electron chi connectivity index (χ1n) is 10.3. The molecule has 0 saturated carbocycles. The summed E-state index contributed by atoms with van der Waals surface area (Å²) < 4.78 is 11.7. The smallest absolute Gasteiger partial charge is 0.192 e. The summed E-state index contributed by atoms with van der Waals surface area (Å²) in [7, 11) is 2.05. The fraction of sp³-hybridized carbons (Fsp3) is 0.292. The third-order valence-electron chi connectivity index (χ3n) is 5.28. The molecule has 3 N–H and O–H groups in total. The van der Waals surface area contributed by atoms with Crippen molar-refractivity contribution in [2.75, 3.05) is 38.2 Å². The Bertz CT molecular complexity index is 1070. The van der Waals surface area contributed by atoms with Gasteiger partial charge in [0, 0.05) is 37.6 Å². The molecule has 0 spiro atoms. The van der Waals surface area contributed by atoms with E-state index in [1.807, 2.05) is 17.5 Å². The lowest BCUT2D eigenvalue weighted by molar-refractivity contribution is 0.311. The Balaban J connectivity index is 1.47. The fourth-order valence-electron chi connectivity index (χ4n) is 3.52. The standard InChI is InChI=1S/C24H26N4O2S/c1-28-10-11-29-23-7-6-19(12-22(23)28)21-16-31-24(20(21)13-26)30-15-18-4-2-17(3-5-18)14-27-9-8-25/h2-7,12,16,27H,8-11,14-15,25H2,1H3. The zero-order chi connectivity index (χ0) is 21.6. The van der Waals surface area contributed by atoms with Gasteiger partial charge in [-0.1, -0.05) is 30.3 Å². The highest BCUT2D eigenvalue weighted by molar-refractivity contribution is 7.12. The van der Waals surface area contributed by atoms with E-state index in [0.717, 1.165) is 47.8 Å².